The summed E-state index contributed by atoms with van der Waals surface area (Å²) in [5.74, 6) is -4.88. The van der Waals surface area contributed by atoms with Crippen LogP contribution in [0.5, 0.6) is 0 Å². The molecule has 0 aromatic rings. The van der Waals surface area contributed by atoms with Crippen molar-refractivity contribution < 1.29 is 96.4 Å². The molecular weight excluding hydrogens is 1110 g/mol. The standard InChI is InChI=1S/C55H101N7O20S/c63-47(23-22-45(54(71)72)61-48(64)20-15-13-11-9-7-5-3-1-2-4-6-8-10-12-14-16-21-53(69)70)57-25-29-75-33-38-80-42-50(66)59-27-31-77-35-40-82-44-52(68)60-28-32-78-36-39-81-43-51(67)58-26-30-76-34-37-79-41-49(65)56-24-18-17-19-46(62-83)55(73)74/h45-46,62,83H,1-44H2,(H,56,65)(H,57,63)(H,58,67)(H,59,66)(H,60,68)(H,61,64)(H,69,70)(H,71,72)(H,73,74)/t45-,46-/m0/s1. The van der Waals surface area contributed by atoms with Gasteiger partial charge < -0.3 is 85.1 Å². The van der Waals surface area contributed by atoms with Crippen LogP contribution in [0.15, 0.2) is 0 Å². The van der Waals surface area contributed by atoms with Gasteiger partial charge in [-0.05, 0) is 38.5 Å². The Bertz CT molecular complexity index is 1710. The van der Waals surface area contributed by atoms with Crippen LogP contribution in [-0.4, -0.2) is 219 Å². The maximum absolute atomic E-state index is 12.4. The number of amides is 6. The maximum atomic E-state index is 12.4. The number of nitrogens with one attached hydrogen (secondary N) is 7. The van der Waals surface area contributed by atoms with Crippen molar-refractivity contribution in [1.82, 2.24) is 36.6 Å². The molecule has 0 fully saturated rings. The lowest BCUT2D eigenvalue weighted by atomic mass is 10.0. The average molecular weight is 1210 g/mol. The molecule has 0 saturated carbocycles. The Kier molecular flexibility index (Phi) is 55.6. The molecule has 83 heavy (non-hydrogen) atoms. The van der Waals surface area contributed by atoms with E-state index in [1.165, 1.54) is 57.8 Å². The lowest BCUT2D eigenvalue weighted by molar-refractivity contribution is -0.142. The zero-order valence-corrected chi connectivity index (χ0v) is 49.9. The first-order valence-corrected chi connectivity index (χ1v) is 30.0. The molecule has 0 saturated heterocycles. The highest BCUT2D eigenvalue weighted by Gasteiger charge is 2.21. The Morgan fingerprint density at radius 2 is 0.614 bits per heavy atom. The molecule has 6 amide bonds. The number of hydrogen-bond acceptors (Lipinski definition) is 19. The van der Waals surface area contributed by atoms with E-state index < -0.39 is 30.0 Å². The van der Waals surface area contributed by atoms with Crippen molar-refractivity contribution in [3.63, 3.8) is 0 Å². The number of carbonyl (C=O) groups is 9. The predicted molar refractivity (Wildman–Crippen MR) is 309 cm³/mol. The van der Waals surface area contributed by atoms with Gasteiger partial charge in [-0.2, -0.15) is 0 Å². The monoisotopic (exact) mass is 1210 g/mol. The molecule has 0 heterocycles. The number of thiol groups is 1. The van der Waals surface area contributed by atoms with Crippen LogP contribution in [0.3, 0.4) is 0 Å². The van der Waals surface area contributed by atoms with Crippen molar-refractivity contribution in [3.8, 4) is 0 Å². The van der Waals surface area contributed by atoms with Crippen LogP contribution >= 0.6 is 12.8 Å². The second-order valence-corrected chi connectivity index (χ2v) is 19.7. The lowest BCUT2D eigenvalue weighted by Crippen LogP contribution is -2.41. The molecule has 0 unspecified atom stereocenters. The van der Waals surface area contributed by atoms with Gasteiger partial charge in [-0.1, -0.05) is 103 Å². The number of carboxylic acids is 3. The van der Waals surface area contributed by atoms with Crippen LogP contribution in [-0.2, 0) is 81.0 Å². The van der Waals surface area contributed by atoms with E-state index in [9.17, 15) is 48.3 Å². The molecule has 2 atom stereocenters. The second-order valence-electron chi connectivity index (χ2n) is 19.5. The van der Waals surface area contributed by atoms with Gasteiger partial charge in [0.1, 0.15) is 38.5 Å². The minimum absolute atomic E-state index is 0.0393. The number of rotatable bonds is 63. The van der Waals surface area contributed by atoms with Gasteiger partial charge in [0.05, 0.1) is 79.3 Å². The largest absolute Gasteiger partial charge is 0.481 e. The number of aliphatic carboxylic acids is 3. The van der Waals surface area contributed by atoms with E-state index in [0.717, 1.165) is 38.5 Å². The summed E-state index contributed by atoms with van der Waals surface area (Å²) in [6, 6.07) is -1.89. The van der Waals surface area contributed by atoms with Gasteiger partial charge in [0.15, 0.2) is 0 Å². The molecule has 28 heteroatoms. The van der Waals surface area contributed by atoms with Gasteiger partial charge in [-0.25, -0.2) is 4.79 Å². The molecule has 27 nitrogen and oxygen atoms in total. The molecule has 0 bridgehead atoms. The highest BCUT2D eigenvalue weighted by atomic mass is 32.1. The van der Waals surface area contributed by atoms with Crippen molar-refractivity contribution in [2.75, 3.05) is 138 Å². The third-order valence-corrected chi connectivity index (χ3v) is 12.5. The number of carbonyl (C=O) groups excluding carboxylic acids is 6. The van der Waals surface area contributed by atoms with Gasteiger partial charge in [-0.3, -0.25) is 43.1 Å². The highest BCUT2D eigenvalue weighted by molar-refractivity contribution is 7.78. The number of ether oxygens (including phenoxy) is 8. The number of carboxylic acid groups (broad SMARTS) is 3. The molecule has 10 N–H and O–H groups in total. The molecule has 0 aromatic heterocycles. The summed E-state index contributed by atoms with van der Waals surface area (Å²) in [7, 11) is 0. The summed E-state index contributed by atoms with van der Waals surface area (Å²) < 4.78 is 45.1. The lowest BCUT2D eigenvalue weighted by Gasteiger charge is -2.14. The smallest absolute Gasteiger partial charge is 0.326 e. The predicted octanol–water partition coefficient (Wildman–Crippen LogP) is 2.21. The zero-order chi connectivity index (χ0) is 61.1. The van der Waals surface area contributed by atoms with E-state index in [2.05, 4.69) is 49.4 Å². The van der Waals surface area contributed by atoms with E-state index >= 15 is 0 Å². The van der Waals surface area contributed by atoms with E-state index in [-0.39, 0.29) is 193 Å². The average Bonchev–Trinajstić information content (AvgIpc) is 3.45. The first kappa shape index (κ1) is 78.2. The summed E-state index contributed by atoms with van der Waals surface area (Å²) in [4.78, 5) is 105. The molecule has 0 radical (unpaired) electrons. The van der Waals surface area contributed by atoms with Gasteiger partial charge in [0.25, 0.3) is 0 Å². The molecule has 482 valence electrons. The molecule has 0 aliphatic rings. The number of hydrogen-bond donors (Lipinski definition) is 11. The minimum Gasteiger partial charge on any atom is -0.481 e. The van der Waals surface area contributed by atoms with Crippen LogP contribution in [0.1, 0.15) is 148 Å². The first-order chi connectivity index (χ1) is 40.2. The fourth-order valence-electron chi connectivity index (χ4n) is 7.66. The van der Waals surface area contributed by atoms with Crippen LogP contribution in [0.2, 0.25) is 0 Å². The van der Waals surface area contributed by atoms with Crippen molar-refractivity contribution in [1.29, 1.82) is 0 Å². The van der Waals surface area contributed by atoms with Crippen molar-refractivity contribution in [2.45, 2.75) is 160 Å². The van der Waals surface area contributed by atoms with Crippen LogP contribution in [0.4, 0.5) is 0 Å². The van der Waals surface area contributed by atoms with Gasteiger partial charge in [0, 0.05) is 52.0 Å². The maximum Gasteiger partial charge on any atom is 0.326 e. The van der Waals surface area contributed by atoms with Gasteiger partial charge in [-0.15, -0.1) is 0 Å². The molecule has 0 aliphatic heterocycles. The van der Waals surface area contributed by atoms with Crippen molar-refractivity contribution in [2.24, 2.45) is 0 Å². The fraction of sp³-hybridized carbons (Fsp3) is 0.836. The molecule has 0 aliphatic carbocycles. The van der Waals surface area contributed by atoms with Crippen LogP contribution < -0.4 is 36.6 Å². The second kappa shape index (κ2) is 59.0. The Morgan fingerprint density at radius 3 is 0.952 bits per heavy atom. The summed E-state index contributed by atoms with van der Waals surface area (Å²) in [6.07, 6.45) is 19.7. The van der Waals surface area contributed by atoms with Crippen LogP contribution in [0.25, 0.3) is 0 Å². The first-order valence-electron chi connectivity index (χ1n) is 29.6. The molecule has 0 spiro atoms. The Morgan fingerprint density at radius 1 is 0.301 bits per heavy atom. The topological polar surface area (TPSA) is 372 Å². The SMILES string of the molecule is O=C(O)CCCCCCCCCCCCCCCCCCC(=O)N[C@@H](CCC(=O)NCCOCCOCC(=O)NCCOCCOCC(=O)NCCOCCOCC(=O)NCCOCCOCC(=O)NCCCC[C@H](NS)C(=O)O)C(=O)O. The van der Waals surface area contributed by atoms with E-state index in [1.54, 1.807) is 0 Å². The van der Waals surface area contributed by atoms with Crippen molar-refractivity contribution >= 4 is 66.2 Å². The van der Waals surface area contributed by atoms with E-state index in [4.69, 9.17) is 48.1 Å². The van der Waals surface area contributed by atoms with Gasteiger partial charge in [0.2, 0.25) is 35.4 Å². The molecular formula is C55H101N7O20S. The van der Waals surface area contributed by atoms with E-state index in [1.807, 2.05) is 0 Å². The quantitative estimate of drug-likeness (QED) is 0.0307. The summed E-state index contributed by atoms with van der Waals surface area (Å²) in [5.41, 5.74) is 0. The molecule has 0 aromatic carbocycles. The molecule has 0 rings (SSSR count). The third kappa shape index (κ3) is 57.4. The summed E-state index contributed by atoms with van der Waals surface area (Å²) in [5, 5.41) is 43.0. The summed E-state index contributed by atoms with van der Waals surface area (Å²) >= 11 is 3.78. The Balaban J connectivity index is 3.58. The minimum atomic E-state index is -1.19. The number of unbranched alkanes of at least 4 members (excludes halogenated alkanes) is 16. The third-order valence-electron chi connectivity index (χ3n) is 12.2. The van der Waals surface area contributed by atoms with E-state index in [0.29, 0.717) is 32.2 Å². The highest BCUT2D eigenvalue weighted by Crippen LogP contribution is 2.15. The summed E-state index contributed by atoms with van der Waals surface area (Å²) in [6.45, 7) is 3.08. The van der Waals surface area contributed by atoms with Crippen molar-refractivity contribution in [3.05, 3.63) is 0 Å². The normalized spacial score (nSPS) is 11.8. The van der Waals surface area contributed by atoms with Crippen LogP contribution in [0, 0.1) is 0 Å². The Hall–Kier alpha value is -4.78. The zero-order valence-electron chi connectivity index (χ0n) is 49.0. The fourth-order valence-corrected chi connectivity index (χ4v) is 7.90. The van der Waals surface area contributed by atoms with Gasteiger partial charge >= 0.3 is 17.9 Å². The Labute approximate surface area is 495 Å².